The monoisotopic (exact) mass is 179 g/mol. The first kappa shape index (κ1) is 13.4. The Morgan fingerprint density at radius 2 is 1.91 bits per heavy atom. The van der Waals surface area contributed by atoms with Crippen LogP contribution in [0.5, 0.6) is 0 Å². The predicted molar refractivity (Wildman–Crippen MR) is 50.0 cm³/mol. The first-order valence-electron chi connectivity index (χ1n) is 3.88. The van der Waals surface area contributed by atoms with E-state index in [1.807, 2.05) is 27.8 Å². The fraction of sp³-hybridized carbons (Fsp3) is 0.875. The molecule has 0 aromatic heterocycles. The van der Waals surface area contributed by atoms with Crippen LogP contribution in [0.25, 0.3) is 0 Å². The highest BCUT2D eigenvalue weighted by atomic mass is 35.5. The molecule has 1 amide bonds. The van der Waals surface area contributed by atoms with Crippen molar-refractivity contribution >= 4 is 18.3 Å². The largest absolute Gasteiger partial charge is 0.346 e. The molecule has 3 heteroatoms. The third-order valence-electron chi connectivity index (χ3n) is 1.88. The number of halogens is 1. The molecular formula is C8H18ClNO. The van der Waals surface area contributed by atoms with E-state index in [0.717, 1.165) is 13.0 Å². The van der Waals surface area contributed by atoms with Crippen LogP contribution in [0.1, 0.15) is 27.2 Å². The van der Waals surface area contributed by atoms with E-state index in [2.05, 4.69) is 0 Å². The summed E-state index contributed by atoms with van der Waals surface area (Å²) in [6.07, 6.45) is 0.934. The Labute approximate surface area is 75.4 Å². The van der Waals surface area contributed by atoms with Gasteiger partial charge in [0.25, 0.3) is 0 Å². The van der Waals surface area contributed by atoms with Gasteiger partial charge in [-0.3, -0.25) is 4.79 Å². The van der Waals surface area contributed by atoms with Crippen LogP contribution in [-0.4, -0.2) is 24.4 Å². The molecular weight excluding hydrogens is 162 g/mol. The molecule has 1 unspecified atom stereocenters. The van der Waals surface area contributed by atoms with Gasteiger partial charge in [-0.05, 0) is 13.3 Å². The van der Waals surface area contributed by atoms with E-state index in [4.69, 9.17) is 0 Å². The molecule has 0 fully saturated rings. The molecule has 0 bridgehead atoms. The highest BCUT2D eigenvalue weighted by Crippen LogP contribution is 2.03. The number of carbonyl (C=O) groups excluding carboxylic acids is 1. The second-order valence-corrected chi connectivity index (χ2v) is 2.66. The lowest BCUT2D eigenvalue weighted by Crippen LogP contribution is -2.30. The molecule has 0 saturated heterocycles. The average Bonchev–Trinajstić information content (AvgIpc) is 2.00. The predicted octanol–water partition coefficient (Wildman–Crippen LogP) is 1.93. The summed E-state index contributed by atoms with van der Waals surface area (Å²) in [6, 6.07) is 0. The second kappa shape index (κ2) is 6.47. The first-order valence-corrected chi connectivity index (χ1v) is 3.88. The minimum absolute atomic E-state index is 0. The highest BCUT2D eigenvalue weighted by Gasteiger charge is 2.12. The third kappa shape index (κ3) is 4.25. The van der Waals surface area contributed by atoms with E-state index in [1.165, 1.54) is 0 Å². The Balaban J connectivity index is 0. The summed E-state index contributed by atoms with van der Waals surface area (Å²) in [6.45, 7) is 6.80. The molecule has 2 nitrogen and oxygen atoms in total. The smallest absolute Gasteiger partial charge is 0.225 e. The molecule has 0 rings (SSSR count). The van der Waals surface area contributed by atoms with Gasteiger partial charge in [-0.1, -0.05) is 13.8 Å². The van der Waals surface area contributed by atoms with Crippen LogP contribution in [0, 0.1) is 5.92 Å². The van der Waals surface area contributed by atoms with Crippen molar-refractivity contribution in [3.8, 4) is 0 Å². The molecule has 0 aliphatic carbocycles. The van der Waals surface area contributed by atoms with Crippen LogP contribution in [0.3, 0.4) is 0 Å². The van der Waals surface area contributed by atoms with Gasteiger partial charge in [0.1, 0.15) is 0 Å². The van der Waals surface area contributed by atoms with Crippen molar-refractivity contribution in [3.63, 3.8) is 0 Å². The fourth-order valence-corrected chi connectivity index (χ4v) is 0.707. The summed E-state index contributed by atoms with van der Waals surface area (Å²) in [5.74, 6) is 0.440. The van der Waals surface area contributed by atoms with E-state index in [1.54, 1.807) is 4.90 Å². The summed E-state index contributed by atoms with van der Waals surface area (Å²) in [5, 5.41) is 0. The van der Waals surface area contributed by atoms with Crippen LogP contribution in [0.15, 0.2) is 0 Å². The SMILES string of the molecule is CCC(C)C(=O)N(C)CC.Cl. The van der Waals surface area contributed by atoms with Gasteiger partial charge in [0, 0.05) is 19.5 Å². The lowest BCUT2D eigenvalue weighted by molar-refractivity contribution is -0.133. The topological polar surface area (TPSA) is 20.3 Å². The van der Waals surface area contributed by atoms with E-state index in [-0.39, 0.29) is 24.2 Å². The maximum atomic E-state index is 11.2. The zero-order valence-electron chi connectivity index (χ0n) is 7.76. The van der Waals surface area contributed by atoms with Crippen molar-refractivity contribution in [2.75, 3.05) is 13.6 Å². The Bertz CT molecular complexity index is 105. The lowest BCUT2D eigenvalue weighted by atomic mass is 10.1. The summed E-state index contributed by atoms with van der Waals surface area (Å²) in [5.41, 5.74) is 0. The van der Waals surface area contributed by atoms with Crippen molar-refractivity contribution in [1.29, 1.82) is 0 Å². The van der Waals surface area contributed by atoms with Gasteiger partial charge < -0.3 is 4.90 Å². The van der Waals surface area contributed by atoms with Crippen molar-refractivity contribution in [2.24, 2.45) is 5.92 Å². The average molecular weight is 180 g/mol. The number of nitrogens with zero attached hydrogens (tertiary/aromatic N) is 1. The van der Waals surface area contributed by atoms with Gasteiger partial charge in [0.15, 0.2) is 0 Å². The van der Waals surface area contributed by atoms with E-state index in [9.17, 15) is 4.79 Å². The Hall–Kier alpha value is -0.240. The molecule has 0 aliphatic rings. The number of carbonyl (C=O) groups is 1. The number of rotatable bonds is 3. The molecule has 0 saturated carbocycles. The second-order valence-electron chi connectivity index (χ2n) is 2.66. The van der Waals surface area contributed by atoms with Crippen LogP contribution >= 0.6 is 12.4 Å². The molecule has 1 atom stereocenters. The molecule has 0 heterocycles. The van der Waals surface area contributed by atoms with E-state index < -0.39 is 0 Å². The normalized spacial score (nSPS) is 11.6. The Kier molecular flexibility index (Phi) is 7.85. The van der Waals surface area contributed by atoms with E-state index >= 15 is 0 Å². The number of hydrogen-bond donors (Lipinski definition) is 0. The minimum atomic E-state index is 0. The summed E-state index contributed by atoms with van der Waals surface area (Å²) >= 11 is 0. The van der Waals surface area contributed by atoms with Crippen LogP contribution in [-0.2, 0) is 4.79 Å². The number of amides is 1. The summed E-state index contributed by atoms with van der Waals surface area (Å²) < 4.78 is 0. The van der Waals surface area contributed by atoms with Crippen LogP contribution in [0.4, 0.5) is 0 Å². The van der Waals surface area contributed by atoms with Crippen molar-refractivity contribution < 1.29 is 4.79 Å². The molecule has 0 N–H and O–H groups in total. The molecule has 68 valence electrons. The minimum Gasteiger partial charge on any atom is -0.346 e. The van der Waals surface area contributed by atoms with Gasteiger partial charge in [0.2, 0.25) is 5.91 Å². The fourth-order valence-electron chi connectivity index (χ4n) is 0.707. The van der Waals surface area contributed by atoms with Gasteiger partial charge in [-0.2, -0.15) is 0 Å². The maximum absolute atomic E-state index is 11.2. The zero-order chi connectivity index (χ0) is 8.15. The van der Waals surface area contributed by atoms with Crippen LogP contribution < -0.4 is 0 Å². The number of hydrogen-bond acceptors (Lipinski definition) is 1. The molecule has 0 aliphatic heterocycles. The first-order chi connectivity index (χ1) is 4.63. The summed E-state index contributed by atoms with van der Waals surface area (Å²) in [4.78, 5) is 13.0. The van der Waals surface area contributed by atoms with Crippen LogP contribution in [0.2, 0.25) is 0 Å². The van der Waals surface area contributed by atoms with Crippen molar-refractivity contribution in [1.82, 2.24) is 4.90 Å². The molecule has 0 radical (unpaired) electrons. The lowest BCUT2D eigenvalue weighted by Gasteiger charge is -2.18. The molecule has 11 heavy (non-hydrogen) atoms. The van der Waals surface area contributed by atoms with Gasteiger partial charge in [-0.15, -0.1) is 12.4 Å². The van der Waals surface area contributed by atoms with Gasteiger partial charge in [-0.25, -0.2) is 0 Å². The zero-order valence-corrected chi connectivity index (χ0v) is 8.57. The van der Waals surface area contributed by atoms with Crippen molar-refractivity contribution in [2.45, 2.75) is 27.2 Å². The summed E-state index contributed by atoms with van der Waals surface area (Å²) in [7, 11) is 1.84. The quantitative estimate of drug-likeness (QED) is 0.649. The molecule has 0 aromatic carbocycles. The standard InChI is InChI=1S/C8H17NO.ClH/c1-5-7(3)8(10)9(4)6-2;/h7H,5-6H2,1-4H3;1H. The van der Waals surface area contributed by atoms with Gasteiger partial charge in [0.05, 0.1) is 0 Å². The Morgan fingerprint density at radius 1 is 1.45 bits per heavy atom. The molecule has 0 aromatic rings. The van der Waals surface area contributed by atoms with Gasteiger partial charge >= 0.3 is 0 Å². The van der Waals surface area contributed by atoms with E-state index in [0.29, 0.717) is 0 Å². The maximum Gasteiger partial charge on any atom is 0.225 e. The van der Waals surface area contributed by atoms with Crippen molar-refractivity contribution in [3.05, 3.63) is 0 Å². The Morgan fingerprint density at radius 3 is 2.18 bits per heavy atom. The highest BCUT2D eigenvalue weighted by molar-refractivity contribution is 5.85. The molecule has 0 spiro atoms. The third-order valence-corrected chi connectivity index (χ3v) is 1.88.